The minimum atomic E-state index is -4.39. The van der Waals surface area contributed by atoms with E-state index >= 15 is 0 Å². The molecule has 1 aliphatic rings. The van der Waals surface area contributed by atoms with Gasteiger partial charge in [0, 0.05) is 16.8 Å². The lowest BCUT2D eigenvalue weighted by atomic mass is 9.78. The van der Waals surface area contributed by atoms with E-state index in [9.17, 15) is 13.2 Å². The van der Waals surface area contributed by atoms with Gasteiger partial charge in [0.15, 0.2) is 0 Å². The van der Waals surface area contributed by atoms with E-state index in [1.807, 2.05) is 6.92 Å². The second-order valence-electron chi connectivity index (χ2n) is 5.16. The van der Waals surface area contributed by atoms with E-state index in [0.717, 1.165) is 31.4 Å². The van der Waals surface area contributed by atoms with Gasteiger partial charge in [0.2, 0.25) is 0 Å². The first-order valence-corrected chi connectivity index (χ1v) is 6.41. The average Bonchev–Trinajstić information content (AvgIpc) is 2.25. The fraction of sp³-hybridized carbons (Fsp3) is 0.462. The van der Waals surface area contributed by atoms with E-state index in [-0.39, 0.29) is 16.1 Å². The average molecular weight is 288 g/mol. The Balaban J connectivity index is 2.36. The summed E-state index contributed by atoms with van der Waals surface area (Å²) in [6.45, 7) is 2.04. The highest BCUT2D eigenvalue weighted by Gasteiger charge is 2.34. The predicted octanol–water partition coefficient (Wildman–Crippen LogP) is 3.69. The van der Waals surface area contributed by atoms with Crippen molar-refractivity contribution < 1.29 is 13.2 Å². The molecule has 0 heterocycles. The predicted molar refractivity (Wildman–Crippen MR) is 73.2 cm³/mol. The molecule has 0 radical (unpaired) electrons. The lowest BCUT2D eigenvalue weighted by Gasteiger charge is -2.40. The van der Waals surface area contributed by atoms with E-state index in [0.29, 0.717) is 5.69 Å². The number of rotatable bonds is 3. The molecule has 0 spiro atoms. The van der Waals surface area contributed by atoms with Gasteiger partial charge in [0.1, 0.15) is 4.99 Å². The van der Waals surface area contributed by atoms with Crippen molar-refractivity contribution in [3.63, 3.8) is 0 Å². The van der Waals surface area contributed by atoms with Gasteiger partial charge in [0.05, 0.1) is 5.56 Å². The normalized spacial score (nSPS) is 17.7. The lowest BCUT2D eigenvalue weighted by Crippen LogP contribution is -2.42. The van der Waals surface area contributed by atoms with E-state index in [1.165, 1.54) is 6.07 Å². The zero-order chi connectivity index (χ0) is 14.3. The first kappa shape index (κ1) is 14.1. The minimum absolute atomic E-state index is 0.0310. The van der Waals surface area contributed by atoms with Crippen LogP contribution in [0.3, 0.4) is 0 Å². The van der Waals surface area contributed by atoms with E-state index in [4.69, 9.17) is 18.0 Å². The molecule has 0 bridgehead atoms. The Bertz CT molecular complexity index is 507. The van der Waals surface area contributed by atoms with Crippen LogP contribution < -0.4 is 11.1 Å². The Labute approximate surface area is 115 Å². The quantitative estimate of drug-likeness (QED) is 0.833. The summed E-state index contributed by atoms with van der Waals surface area (Å²) in [5.74, 6) is 0. The minimum Gasteiger partial charge on any atom is -0.389 e. The zero-order valence-corrected chi connectivity index (χ0v) is 11.3. The van der Waals surface area contributed by atoms with Crippen LogP contribution in [-0.4, -0.2) is 10.5 Å². The smallest absolute Gasteiger partial charge is 0.389 e. The van der Waals surface area contributed by atoms with Crippen molar-refractivity contribution in [2.75, 3.05) is 5.32 Å². The number of alkyl halides is 3. The number of thiocarbonyl (C=S) groups is 1. The highest BCUT2D eigenvalue weighted by Crippen LogP contribution is 2.37. The molecular formula is C13H15F3N2S. The van der Waals surface area contributed by atoms with Crippen molar-refractivity contribution >= 4 is 22.9 Å². The summed E-state index contributed by atoms with van der Waals surface area (Å²) in [6.07, 6.45) is -1.29. The van der Waals surface area contributed by atoms with E-state index in [1.54, 1.807) is 0 Å². The van der Waals surface area contributed by atoms with Crippen molar-refractivity contribution in [1.82, 2.24) is 0 Å². The molecule has 1 aromatic rings. The highest BCUT2D eigenvalue weighted by molar-refractivity contribution is 7.80. The Kier molecular flexibility index (Phi) is 3.47. The number of hydrogen-bond acceptors (Lipinski definition) is 2. The van der Waals surface area contributed by atoms with Crippen LogP contribution in [0.2, 0.25) is 0 Å². The maximum absolute atomic E-state index is 12.7. The first-order valence-electron chi connectivity index (χ1n) is 6.00. The fourth-order valence-corrected chi connectivity index (χ4v) is 2.36. The third-order valence-corrected chi connectivity index (χ3v) is 3.73. The van der Waals surface area contributed by atoms with Crippen LogP contribution in [0, 0.1) is 0 Å². The second kappa shape index (κ2) is 4.67. The summed E-state index contributed by atoms with van der Waals surface area (Å²) in [5, 5.41) is 3.25. The molecule has 0 aromatic heterocycles. The summed E-state index contributed by atoms with van der Waals surface area (Å²) >= 11 is 4.85. The summed E-state index contributed by atoms with van der Waals surface area (Å²) in [4.78, 5) is -0.0310. The topological polar surface area (TPSA) is 38.0 Å². The largest absolute Gasteiger partial charge is 0.416 e. The number of anilines is 1. The fourth-order valence-electron chi connectivity index (χ4n) is 2.19. The summed E-state index contributed by atoms with van der Waals surface area (Å²) in [6, 6.07) is 3.46. The van der Waals surface area contributed by atoms with E-state index < -0.39 is 11.7 Å². The molecule has 0 unspecified atom stereocenters. The van der Waals surface area contributed by atoms with Crippen LogP contribution >= 0.6 is 12.2 Å². The van der Waals surface area contributed by atoms with E-state index in [2.05, 4.69) is 5.32 Å². The first-order chi connectivity index (χ1) is 8.71. The molecular weight excluding hydrogens is 273 g/mol. The molecule has 104 valence electrons. The molecule has 6 heteroatoms. The zero-order valence-electron chi connectivity index (χ0n) is 10.5. The molecule has 3 N–H and O–H groups in total. The third-order valence-electron chi connectivity index (χ3n) is 3.51. The standard InChI is InChI=1S/C13H15F3N2S/c1-12(5-2-6-12)18-10-4-3-8(13(14,15)16)7-9(10)11(17)19/h3-4,7,18H,2,5-6H2,1H3,(H2,17,19). The van der Waals surface area contributed by atoms with Gasteiger partial charge in [-0.25, -0.2) is 0 Å². The van der Waals surface area contributed by atoms with Gasteiger partial charge in [-0.2, -0.15) is 13.2 Å². The molecule has 0 aliphatic heterocycles. The highest BCUT2D eigenvalue weighted by atomic mass is 32.1. The summed E-state index contributed by atoms with van der Waals surface area (Å²) in [5.41, 5.74) is 5.54. The van der Waals surface area contributed by atoms with Gasteiger partial charge in [-0.1, -0.05) is 12.2 Å². The van der Waals surface area contributed by atoms with Gasteiger partial charge in [-0.05, 0) is 44.4 Å². The van der Waals surface area contributed by atoms with Gasteiger partial charge >= 0.3 is 6.18 Å². The molecule has 0 atom stereocenters. The summed E-state index contributed by atoms with van der Waals surface area (Å²) in [7, 11) is 0. The van der Waals surface area contributed by atoms with Crippen molar-refractivity contribution in [3.05, 3.63) is 29.3 Å². The maximum Gasteiger partial charge on any atom is 0.416 e. The second-order valence-corrected chi connectivity index (χ2v) is 5.60. The molecule has 2 nitrogen and oxygen atoms in total. The molecule has 1 aromatic carbocycles. The third kappa shape index (κ3) is 3.00. The lowest BCUT2D eigenvalue weighted by molar-refractivity contribution is -0.137. The number of halogens is 3. The van der Waals surface area contributed by atoms with Crippen LogP contribution in [-0.2, 0) is 6.18 Å². The maximum atomic E-state index is 12.7. The van der Waals surface area contributed by atoms with Gasteiger partial charge in [-0.15, -0.1) is 0 Å². The van der Waals surface area contributed by atoms with Crippen molar-refractivity contribution in [3.8, 4) is 0 Å². The number of nitrogens with two attached hydrogens (primary N) is 1. The van der Waals surface area contributed by atoms with Crippen LogP contribution in [0.1, 0.15) is 37.3 Å². The molecule has 0 saturated heterocycles. The van der Waals surface area contributed by atoms with Crippen LogP contribution in [0.25, 0.3) is 0 Å². The van der Waals surface area contributed by atoms with Crippen LogP contribution in [0.4, 0.5) is 18.9 Å². The van der Waals surface area contributed by atoms with Crippen molar-refractivity contribution in [2.24, 2.45) is 5.73 Å². The Morgan fingerprint density at radius 1 is 1.37 bits per heavy atom. The number of nitrogens with one attached hydrogen (secondary N) is 1. The molecule has 1 aliphatic carbocycles. The number of hydrogen-bond donors (Lipinski definition) is 2. The molecule has 19 heavy (non-hydrogen) atoms. The molecule has 2 rings (SSSR count). The number of benzene rings is 1. The van der Waals surface area contributed by atoms with Gasteiger partial charge in [-0.3, -0.25) is 0 Å². The Morgan fingerprint density at radius 2 is 2.00 bits per heavy atom. The van der Waals surface area contributed by atoms with Crippen molar-refractivity contribution in [1.29, 1.82) is 0 Å². The van der Waals surface area contributed by atoms with Crippen LogP contribution in [0.5, 0.6) is 0 Å². The monoisotopic (exact) mass is 288 g/mol. The Morgan fingerprint density at radius 3 is 2.42 bits per heavy atom. The van der Waals surface area contributed by atoms with Gasteiger partial charge in [0.25, 0.3) is 0 Å². The summed E-state index contributed by atoms with van der Waals surface area (Å²) < 4.78 is 38.0. The van der Waals surface area contributed by atoms with Crippen LogP contribution in [0.15, 0.2) is 18.2 Å². The molecule has 1 saturated carbocycles. The Hall–Kier alpha value is -1.30. The molecule has 1 fully saturated rings. The SMILES string of the molecule is CC1(Nc2ccc(C(F)(F)F)cc2C(N)=S)CCC1. The molecule has 0 amide bonds. The van der Waals surface area contributed by atoms with Gasteiger partial charge < -0.3 is 11.1 Å². The van der Waals surface area contributed by atoms with Crippen molar-refractivity contribution in [2.45, 2.75) is 37.9 Å².